The molecule has 394 valence electrons. The number of guanidine groups is 1. The molecule has 22 heteroatoms. The van der Waals surface area contributed by atoms with Crippen molar-refractivity contribution in [3.8, 4) is 0 Å². The SMILES string of the molecule is CC(C)C[C@H](NC(=O)[C@@H](N)Cc1ccccc1)C(=O)N[C@@H](Cc1ccccc1)C(=O)N[C@@H](CCC(N)=O)C(=O)N1CCC[C@H]1C(=O)NCC(=O)N[C@@H](CCCN=C(N)N)C(=O)N[C@@H](Cc1ccccc1)C(N)=O. The standard InChI is InChI=1S/C51H71N13O9/c1-31(2)26-39(62-45(68)35(52)27-32-14-6-3-7-15-32)47(70)63-40(29-34-18-10-5-11-19-34)48(71)60-37(22-23-42(53)65)50(73)64-25-13-21-41(64)49(72)58-30-43(66)59-36(20-12-24-57-51(55)56)46(69)61-38(44(54)67)28-33-16-8-4-9-17-33/h3-11,14-19,31,35-41H,12-13,20-30,52H2,1-2H3,(H2,53,65)(H2,54,67)(H,58,72)(H,59,66)(H,60,71)(H,61,69)(H,62,68)(H,63,70)(H4,55,56,57)/t35-,36-,37-,38-,39-,40-,41-/m0/s1. The second kappa shape index (κ2) is 29.5. The lowest BCUT2D eigenvalue weighted by Crippen LogP contribution is -2.59. The van der Waals surface area contributed by atoms with Gasteiger partial charge in [0.15, 0.2) is 5.96 Å². The molecule has 1 heterocycles. The molecule has 0 bridgehead atoms. The lowest BCUT2D eigenvalue weighted by atomic mass is 9.99. The largest absolute Gasteiger partial charge is 0.370 e. The Morgan fingerprint density at radius 2 is 1.12 bits per heavy atom. The van der Waals surface area contributed by atoms with E-state index in [1.54, 1.807) is 60.7 Å². The molecule has 1 fully saturated rings. The van der Waals surface area contributed by atoms with Crippen LogP contribution in [-0.2, 0) is 62.4 Å². The van der Waals surface area contributed by atoms with Gasteiger partial charge < -0.3 is 65.5 Å². The maximum absolute atomic E-state index is 14.4. The van der Waals surface area contributed by atoms with Crippen LogP contribution >= 0.6 is 0 Å². The number of nitrogens with one attached hydrogen (secondary N) is 6. The third kappa shape index (κ3) is 20.0. The zero-order valence-electron chi connectivity index (χ0n) is 41.4. The number of carbonyl (C=O) groups excluding carboxylic acids is 9. The Hall–Kier alpha value is -7.88. The van der Waals surface area contributed by atoms with Crippen LogP contribution in [0, 0.1) is 5.92 Å². The Morgan fingerprint density at radius 1 is 0.616 bits per heavy atom. The molecule has 1 aliphatic heterocycles. The Kier molecular flexibility index (Phi) is 23.3. The van der Waals surface area contributed by atoms with E-state index in [0.717, 1.165) is 11.1 Å². The monoisotopic (exact) mass is 1010 g/mol. The van der Waals surface area contributed by atoms with Gasteiger partial charge in [0, 0.05) is 32.4 Å². The average Bonchev–Trinajstić information content (AvgIpc) is 3.85. The molecule has 1 aliphatic rings. The third-order valence-corrected chi connectivity index (χ3v) is 12.0. The molecule has 4 rings (SSSR count). The molecule has 0 saturated carbocycles. The van der Waals surface area contributed by atoms with Gasteiger partial charge in [0.1, 0.15) is 36.3 Å². The van der Waals surface area contributed by atoms with Crippen LogP contribution in [0.3, 0.4) is 0 Å². The minimum Gasteiger partial charge on any atom is -0.370 e. The van der Waals surface area contributed by atoms with Gasteiger partial charge in [0.2, 0.25) is 53.2 Å². The summed E-state index contributed by atoms with van der Waals surface area (Å²) in [7, 11) is 0. The van der Waals surface area contributed by atoms with E-state index >= 15 is 0 Å². The van der Waals surface area contributed by atoms with E-state index in [0.29, 0.717) is 12.0 Å². The molecular formula is C51H71N13O9. The normalized spacial score (nSPS) is 15.5. The van der Waals surface area contributed by atoms with Crippen molar-refractivity contribution in [2.75, 3.05) is 19.6 Å². The number of carbonyl (C=O) groups is 9. The minimum absolute atomic E-state index is 0.0278. The van der Waals surface area contributed by atoms with Gasteiger partial charge in [-0.2, -0.15) is 0 Å². The molecule has 0 aromatic heterocycles. The summed E-state index contributed by atoms with van der Waals surface area (Å²) in [6.07, 6.45) is 0.762. The highest BCUT2D eigenvalue weighted by atomic mass is 16.2. The van der Waals surface area contributed by atoms with Crippen molar-refractivity contribution in [3.05, 3.63) is 108 Å². The van der Waals surface area contributed by atoms with E-state index < -0.39 is 102 Å². The molecule has 0 unspecified atom stereocenters. The second-order valence-electron chi connectivity index (χ2n) is 18.4. The maximum atomic E-state index is 14.4. The van der Waals surface area contributed by atoms with Crippen molar-refractivity contribution >= 4 is 59.1 Å². The van der Waals surface area contributed by atoms with Crippen LogP contribution < -0.4 is 60.6 Å². The lowest BCUT2D eigenvalue weighted by molar-refractivity contribution is -0.142. The fourth-order valence-corrected chi connectivity index (χ4v) is 8.24. The Bertz CT molecular complexity index is 2370. The van der Waals surface area contributed by atoms with Gasteiger partial charge in [0.25, 0.3) is 0 Å². The molecule has 0 spiro atoms. The number of hydrogen-bond donors (Lipinski definition) is 11. The number of nitrogens with zero attached hydrogens (tertiary/aromatic N) is 2. The fourth-order valence-electron chi connectivity index (χ4n) is 8.24. The molecule has 73 heavy (non-hydrogen) atoms. The number of nitrogens with two attached hydrogens (primary N) is 5. The van der Waals surface area contributed by atoms with Crippen LogP contribution in [0.15, 0.2) is 96.0 Å². The first-order valence-electron chi connectivity index (χ1n) is 24.4. The summed E-state index contributed by atoms with van der Waals surface area (Å²) in [5.74, 6) is -6.71. The molecule has 0 radical (unpaired) electrons. The van der Waals surface area contributed by atoms with E-state index in [-0.39, 0.29) is 82.8 Å². The average molecular weight is 1010 g/mol. The van der Waals surface area contributed by atoms with E-state index in [1.807, 2.05) is 44.2 Å². The van der Waals surface area contributed by atoms with Gasteiger partial charge in [-0.15, -0.1) is 0 Å². The van der Waals surface area contributed by atoms with Gasteiger partial charge in [-0.1, -0.05) is 105 Å². The molecule has 16 N–H and O–H groups in total. The minimum atomic E-state index is -1.39. The fraction of sp³-hybridized carbons (Fsp3) is 0.451. The van der Waals surface area contributed by atoms with Crippen molar-refractivity contribution < 1.29 is 43.2 Å². The number of primary amides is 2. The summed E-state index contributed by atoms with van der Waals surface area (Å²) < 4.78 is 0. The molecule has 22 nitrogen and oxygen atoms in total. The smallest absolute Gasteiger partial charge is 0.245 e. The van der Waals surface area contributed by atoms with Crippen LogP contribution in [0.5, 0.6) is 0 Å². The third-order valence-electron chi connectivity index (χ3n) is 12.0. The second-order valence-corrected chi connectivity index (χ2v) is 18.4. The predicted molar refractivity (Wildman–Crippen MR) is 273 cm³/mol. The summed E-state index contributed by atoms with van der Waals surface area (Å²) >= 11 is 0. The number of amides is 9. The first-order chi connectivity index (χ1) is 34.8. The van der Waals surface area contributed by atoms with Crippen molar-refractivity contribution in [2.24, 2.45) is 39.6 Å². The van der Waals surface area contributed by atoms with Crippen molar-refractivity contribution in [3.63, 3.8) is 0 Å². The van der Waals surface area contributed by atoms with E-state index in [9.17, 15) is 43.2 Å². The quantitative estimate of drug-likeness (QED) is 0.0213. The van der Waals surface area contributed by atoms with Gasteiger partial charge in [-0.3, -0.25) is 48.1 Å². The first kappa shape index (κ1) is 57.7. The Morgan fingerprint density at radius 3 is 1.67 bits per heavy atom. The molecule has 1 saturated heterocycles. The van der Waals surface area contributed by atoms with E-state index in [2.05, 4.69) is 36.9 Å². The van der Waals surface area contributed by atoms with Crippen LogP contribution in [0.2, 0.25) is 0 Å². The molecule has 0 aliphatic carbocycles. The Labute approximate surface area is 425 Å². The van der Waals surface area contributed by atoms with Gasteiger partial charge in [-0.25, -0.2) is 0 Å². The molecular weight excluding hydrogens is 939 g/mol. The number of hydrogen-bond acceptors (Lipinski definition) is 11. The van der Waals surface area contributed by atoms with E-state index in [4.69, 9.17) is 28.7 Å². The number of benzene rings is 3. The zero-order chi connectivity index (χ0) is 53.5. The lowest BCUT2D eigenvalue weighted by Gasteiger charge is -2.30. The summed E-state index contributed by atoms with van der Waals surface area (Å²) in [5.41, 5.74) is 30.5. The van der Waals surface area contributed by atoms with Crippen molar-refractivity contribution in [1.29, 1.82) is 0 Å². The first-order valence-corrected chi connectivity index (χ1v) is 24.4. The molecule has 7 atom stereocenters. The number of rotatable bonds is 29. The van der Waals surface area contributed by atoms with Gasteiger partial charge in [-0.05, 0) is 67.6 Å². The van der Waals surface area contributed by atoms with Crippen LogP contribution in [-0.4, -0.2) is 126 Å². The highest BCUT2D eigenvalue weighted by Gasteiger charge is 2.39. The number of aliphatic imine (C=N–C) groups is 1. The molecule has 3 aromatic rings. The summed E-state index contributed by atoms with van der Waals surface area (Å²) in [4.78, 5) is 126. The summed E-state index contributed by atoms with van der Waals surface area (Å²) in [6, 6.07) is 18.7. The zero-order valence-corrected chi connectivity index (χ0v) is 41.4. The number of likely N-dealkylation sites (tertiary alicyclic amines) is 1. The van der Waals surface area contributed by atoms with Crippen LogP contribution in [0.1, 0.15) is 75.5 Å². The summed E-state index contributed by atoms with van der Waals surface area (Å²) in [5, 5.41) is 15.9. The van der Waals surface area contributed by atoms with Crippen molar-refractivity contribution in [1.82, 2.24) is 36.8 Å². The maximum Gasteiger partial charge on any atom is 0.245 e. The topological polar surface area (TPSA) is 372 Å². The predicted octanol–water partition coefficient (Wildman–Crippen LogP) is -1.58. The Balaban J connectivity index is 1.47. The van der Waals surface area contributed by atoms with Crippen molar-refractivity contribution in [2.45, 2.75) is 120 Å². The summed E-state index contributed by atoms with van der Waals surface area (Å²) in [6.45, 7) is 3.34. The van der Waals surface area contributed by atoms with Gasteiger partial charge in [0.05, 0.1) is 12.6 Å². The van der Waals surface area contributed by atoms with Crippen LogP contribution in [0.4, 0.5) is 0 Å². The molecule has 3 aromatic carbocycles. The highest BCUT2D eigenvalue weighted by molar-refractivity contribution is 5.97. The van der Waals surface area contributed by atoms with Gasteiger partial charge >= 0.3 is 0 Å². The highest BCUT2D eigenvalue weighted by Crippen LogP contribution is 2.20. The van der Waals surface area contributed by atoms with E-state index in [1.165, 1.54) is 4.90 Å². The molecule has 9 amide bonds. The van der Waals surface area contributed by atoms with Crippen LogP contribution in [0.25, 0.3) is 0 Å².